The smallest absolute Gasteiger partial charge is 0.409 e. The van der Waals surface area contributed by atoms with E-state index in [9.17, 15) is 14.9 Å². The summed E-state index contributed by atoms with van der Waals surface area (Å²) in [6, 6.07) is 9.54. The van der Waals surface area contributed by atoms with Crippen LogP contribution in [-0.4, -0.2) is 41.2 Å². The average Bonchev–Trinajstić information content (AvgIpc) is 2.86. The maximum atomic E-state index is 11.8. The minimum Gasteiger partial charge on any atom is -0.495 e. The van der Waals surface area contributed by atoms with Crippen LogP contribution in [0.4, 0.5) is 39.3 Å². The quantitative estimate of drug-likeness (QED) is 0.277. The number of primary amides is 1. The fourth-order valence-corrected chi connectivity index (χ4v) is 4.02. The van der Waals surface area contributed by atoms with Gasteiger partial charge in [-0.1, -0.05) is 11.6 Å². The molecule has 0 atom stereocenters. The molecular weight excluding hydrogens is 490 g/mol. The number of anilines is 5. The maximum Gasteiger partial charge on any atom is 0.409 e. The van der Waals surface area contributed by atoms with Gasteiger partial charge in [0.15, 0.2) is 5.82 Å². The molecule has 4 N–H and O–H groups in total. The minimum absolute atomic E-state index is 0.00483. The molecule has 0 bridgehead atoms. The van der Waals surface area contributed by atoms with Crippen LogP contribution in [-0.2, 0) is 0 Å². The zero-order valence-corrected chi connectivity index (χ0v) is 20.1. The highest BCUT2D eigenvalue weighted by molar-refractivity contribution is 6.33. The van der Waals surface area contributed by atoms with Crippen LogP contribution in [0.25, 0.3) is 0 Å². The van der Waals surface area contributed by atoms with Gasteiger partial charge in [-0.3, -0.25) is 10.1 Å². The number of piperidine rings is 1. The molecule has 1 aromatic heterocycles. The summed E-state index contributed by atoms with van der Waals surface area (Å²) in [5.74, 6) is 1.00. The van der Waals surface area contributed by atoms with Crippen LogP contribution >= 0.6 is 11.6 Å². The molecule has 1 aliphatic heterocycles. The summed E-state index contributed by atoms with van der Waals surface area (Å²) in [7, 11) is 1.48. The molecule has 13 heteroatoms. The van der Waals surface area contributed by atoms with Gasteiger partial charge in [-0.15, -0.1) is 0 Å². The van der Waals surface area contributed by atoms with Crippen molar-refractivity contribution in [2.24, 2.45) is 5.73 Å². The zero-order valence-electron chi connectivity index (χ0n) is 19.4. The molecule has 0 aliphatic carbocycles. The van der Waals surface area contributed by atoms with Crippen LogP contribution in [0.1, 0.15) is 19.3 Å². The number of halogens is 1. The second-order valence-corrected chi connectivity index (χ2v) is 8.34. The molecule has 1 fully saturated rings. The number of nitrogens with one attached hydrogen (secondary N) is 2. The third-order valence-electron chi connectivity index (χ3n) is 5.51. The van der Waals surface area contributed by atoms with E-state index in [1.807, 2.05) is 4.90 Å². The molecule has 1 saturated heterocycles. The van der Waals surface area contributed by atoms with Gasteiger partial charge < -0.3 is 30.7 Å². The second-order valence-electron chi connectivity index (χ2n) is 7.93. The Kier molecular flexibility index (Phi) is 7.54. The lowest BCUT2D eigenvalue weighted by atomic mass is 10.1. The summed E-state index contributed by atoms with van der Waals surface area (Å²) in [4.78, 5) is 33.1. The summed E-state index contributed by atoms with van der Waals surface area (Å²) >= 11 is 6.29. The Morgan fingerprint density at radius 1 is 1.17 bits per heavy atom. The van der Waals surface area contributed by atoms with E-state index < -0.39 is 11.0 Å². The summed E-state index contributed by atoms with van der Waals surface area (Å²) in [5.41, 5.74) is 6.54. The van der Waals surface area contributed by atoms with Gasteiger partial charge in [-0.05, 0) is 43.5 Å². The lowest BCUT2D eigenvalue weighted by Crippen LogP contribution is -2.29. The summed E-state index contributed by atoms with van der Waals surface area (Å²) in [5, 5.41) is 18.0. The molecule has 4 rings (SSSR count). The molecule has 0 spiro atoms. The van der Waals surface area contributed by atoms with Gasteiger partial charge in [0, 0.05) is 30.9 Å². The number of carbonyl (C=O) groups is 1. The molecule has 0 unspecified atom stereocenters. The fourth-order valence-electron chi connectivity index (χ4n) is 3.89. The monoisotopic (exact) mass is 513 g/mol. The van der Waals surface area contributed by atoms with E-state index >= 15 is 0 Å². The van der Waals surface area contributed by atoms with E-state index in [1.54, 1.807) is 18.2 Å². The van der Waals surface area contributed by atoms with Crippen LogP contribution in [0.5, 0.6) is 11.5 Å². The molecule has 2 aromatic carbocycles. The van der Waals surface area contributed by atoms with Crippen molar-refractivity contribution >= 4 is 52.2 Å². The van der Waals surface area contributed by atoms with Gasteiger partial charge in [0.2, 0.25) is 5.95 Å². The number of nitrogens with two attached hydrogens (primary N) is 1. The van der Waals surface area contributed by atoms with Crippen molar-refractivity contribution in [3.63, 3.8) is 0 Å². The molecular formula is C23H24ClN7O5. The average molecular weight is 514 g/mol. The van der Waals surface area contributed by atoms with E-state index in [1.165, 1.54) is 31.5 Å². The van der Waals surface area contributed by atoms with Crippen molar-refractivity contribution in [1.29, 1.82) is 0 Å². The highest BCUT2D eigenvalue weighted by atomic mass is 35.5. The van der Waals surface area contributed by atoms with E-state index in [0.717, 1.165) is 32.4 Å². The number of aromatic nitrogens is 2. The first-order valence-corrected chi connectivity index (χ1v) is 11.5. The highest BCUT2D eigenvalue weighted by Crippen LogP contribution is 2.35. The Labute approximate surface area is 211 Å². The van der Waals surface area contributed by atoms with Gasteiger partial charge in [-0.2, -0.15) is 4.98 Å². The Bertz CT molecular complexity index is 1280. The van der Waals surface area contributed by atoms with Gasteiger partial charge >= 0.3 is 6.09 Å². The Morgan fingerprint density at radius 3 is 2.64 bits per heavy atom. The van der Waals surface area contributed by atoms with Crippen LogP contribution in [0.3, 0.4) is 0 Å². The maximum absolute atomic E-state index is 11.8. The van der Waals surface area contributed by atoms with E-state index in [0.29, 0.717) is 22.8 Å². The van der Waals surface area contributed by atoms with Crippen molar-refractivity contribution in [3.8, 4) is 11.5 Å². The molecule has 1 amide bonds. The largest absolute Gasteiger partial charge is 0.495 e. The molecule has 12 nitrogen and oxygen atoms in total. The standard InChI is InChI=1S/C23H24ClN7O5/c1-35-20-8-6-15(36-22(25)32)12-17(20)28-21-16(24)13-26-23(29-21)27-14-5-7-18(19(11-14)31(33)34)30-9-3-2-4-10-30/h5-8,11-13H,2-4,9-10H2,1H3,(H2,25,32)(H2,26,27,28,29). The number of nitrogens with zero attached hydrogens (tertiary/aromatic N) is 4. The van der Waals surface area contributed by atoms with Crippen molar-refractivity contribution in [1.82, 2.24) is 9.97 Å². The summed E-state index contributed by atoms with van der Waals surface area (Å²) in [6.07, 6.45) is 3.56. The second kappa shape index (κ2) is 11.0. The van der Waals surface area contributed by atoms with Crippen molar-refractivity contribution in [3.05, 3.63) is 57.7 Å². The number of benzene rings is 2. The third-order valence-corrected chi connectivity index (χ3v) is 5.79. The van der Waals surface area contributed by atoms with E-state index in [-0.39, 0.29) is 28.2 Å². The number of carbonyl (C=O) groups excluding carboxylic acids is 1. The van der Waals surface area contributed by atoms with Crippen LogP contribution in [0.2, 0.25) is 5.02 Å². The molecule has 1 aliphatic rings. The number of methoxy groups -OCH3 is 1. The fraction of sp³-hybridized carbons (Fsp3) is 0.261. The first-order valence-electron chi connectivity index (χ1n) is 11.1. The predicted octanol–water partition coefficient (Wildman–Crippen LogP) is 4.98. The van der Waals surface area contributed by atoms with E-state index in [2.05, 4.69) is 20.6 Å². The number of hydrogen-bond acceptors (Lipinski definition) is 10. The summed E-state index contributed by atoms with van der Waals surface area (Å²) in [6.45, 7) is 1.58. The highest BCUT2D eigenvalue weighted by Gasteiger charge is 2.22. The molecule has 0 saturated carbocycles. The lowest BCUT2D eigenvalue weighted by Gasteiger charge is -2.28. The van der Waals surface area contributed by atoms with E-state index in [4.69, 9.17) is 26.8 Å². The first-order chi connectivity index (χ1) is 17.3. The van der Waals surface area contributed by atoms with Crippen molar-refractivity contribution < 1.29 is 19.2 Å². The van der Waals surface area contributed by atoms with Gasteiger partial charge in [0.05, 0.1) is 23.9 Å². The number of nitro benzene ring substituents is 1. The topological polar surface area (TPSA) is 158 Å². The number of amides is 1. The number of hydrogen-bond donors (Lipinski definition) is 3. The minimum atomic E-state index is -0.960. The third kappa shape index (κ3) is 5.84. The lowest BCUT2D eigenvalue weighted by molar-refractivity contribution is -0.384. The van der Waals surface area contributed by atoms with Crippen LogP contribution in [0, 0.1) is 10.1 Å². The van der Waals surface area contributed by atoms with Crippen LogP contribution < -0.4 is 30.7 Å². The van der Waals surface area contributed by atoms with Crippen molar-refractivity contribution in [2.45, 2.75) is 19.3 Å². The predicted molar refractivity (Wildman–Crippen MR) is 136 cm³/mol. The first kappa shape index (κ1) is 24.8. The van der Waals surface area contributed by atoms with Crippen LogP contribution in [0.15, 0.2) is 42.6 Å². The SMILES string of the molecule is COc1ccc(OC(N)=O)cc1Nc1nc(Nc2ccc(N3CCCCC3)c([N+](=O)[O-])c2)ncc1Cl. The normalized spacial score (nSPS) is 13.1. The Hall–Kier alpha value is -4.32. The summed E-state index contributed by atoms with van der Waals surface area (Å²) < 4.78 is 10.3. The number of ether oxygens (including phenoxy) is 2. The molecule has 188 valence electrons. The molecule has 0 radical (unpaired) electrons. The zero-order chi connectivity index (χ0) is 25.7. The molecule has 2 heterocycles. The van der Waals surface area contributed by atoms with Crippen molar-refractivity contribution in [2.75, 3.05) is 35.7 Å². The Balaban J connectivity index is 1.58. The van der Waals surface area contributed by atoms with Gasteiger partial charge in [0.1, 0.15) is 22.2 Å². The van der Waals surface area contributed by atoms with Gasteiger partial charge in [0.25, 0.3) is 5.69 Å². The number of rotatable bonds is 8. The van der Waals surface area contributed by atoms with Gasteiger partial charge in [-0.25, -0.2) is 9.78 Å². The molecule has 3 aromatic rings. The number of nitro groups is 1. The molecule has 36 heavy (non-hydrogen) atoms. The Morgan fingerprint density at radius 2 is 1.94 bits per heavy atom.